The highest BCUT2D eigenvalue weighted by Crippen LogP contribution is 2.44. The number of anilines is 1. The van der Waals surface area contributed by atoms with Crippen molar-refractivity contribution in [1.82, 2.24) is 4.98 Å². The predicted octanol–water partition coefficient (Wildman–Crippen LogP) is 5.77. The molecular weight excluding hydrogens is 467 g/mol. The van der Waals surface area contributed by atoms with Crippen LogP contribution in [0.2, 0.25) is 0 Å². The van der Waals surface area contributed by atoms with E-state index in [1.165, 1.54) is 34.4 Å². The Morgan fingerprint density at radius 3 is 2.60 bits per heavy atom. The molecule has 0 aliphatic carbocycles. The second-order valence-electron chi connectivity index (χ2n) is 8.15. The zero-order valence-electron chi connectivity index (χ0n) is 19.0. The Kier molecular flexibility index (Phi) is 5.82. The third kappa shape index (κ3) is 4.06. The maximum Gasteiger partial charge on any atom is 0.301 e. The zero-order valence-corrected chi connectivity index (χ0v) is 19.8. The van der Waals surface area contributed by atoms with Gasteiger partial charge in [-0.1, -0.05) is 29.5 Å². The molecule has 1 N–H and O–H groups in total. The molecule has 1 atom stereocenters. The van der Waals surface area contributed by atoms with E-state index < -0.39 is 23.5 Å². The SMILES string of the molecule is CCOc1ccc(/C(O)=C2\C(=O)C(=O)N(c3nc4ccc(C)cc4s3)[C@@H]2c2cccc(F)c2)cc1. The molecule has 4 aromatic rings. The number of aryl methyl sites for hydroxylation is 1. The van der Waals surface area contributed by atoms with Crippen molar-refractivity contribution in [3.05, 3.63) is 94.8 Å². The van der Waals surface area contributed by atoms with Crippen molar-refractivity contribution in [2.45, 2.75) is 19.9 Å². The van der Waals surface area contributed by atoms with Crippen LogP contribution in [0.15, 0.2) is 72.3 Å². The highest BCUT2D eigenvalue weighted by molar-refractivity contribution is 7.22. The summed E-state index contributed by atoms with van der Waals surface area (Å²) in [5, 5.41) is 11.5. The molecule has 8 heteroatoms. The number of aliphatic hydroxyl groups is 1. The van der Waals surface area contributed by atoms with Crippen LogP contribution in [0.25, 0.3) is 16.0 Å². The number of hydrogen-bond donors (Lipinski definition) is 1. The van der Waals surface area contributed by atoms with Crippen molar-refractivity contribution >= 4 is 44.1 Å². The average molecular weight is 489 g/mol. The van der Waals surface area contributed by atoms with Crippen LogP contribution in [-0.4, -0.2) is 28.4 Å². The van der Waals surface area contributed by atoms with Crippen molar-refractivity contribution < 1.29 is 23.8 Å². The summed E-state index contributed by atoms with van der Waals surface area (Å²) >= 11 is 1.26. The summed E-state index contributed by atoms with van der Waals surface area (Å²) in [5.74, 6) is -1.95. The number of aliphatic hydroxyl groups excluding tert-OH is 1. The fraction of sp³-hybridized carbons (Fsp3) is 0.148. The van der Waals surface area contributed by atoms with E-state index in [0.717, 1.165) is 10.3 Å². The van der Waals surface area contributed by atoms with Gasteiger partial charge in [-0.05, 0) is 73.5 Å². The van der Waals surface area contributed by atoms with Gasteiger partial charge >= 0.3 is 5.91 Å². The number of aromatic nitrogens is 1. The number of Topliss-reactive ketones (excluding diaryl/α,β-unsaturated/α-hetero) is 1. The number of ether oxygens (including phenoxy) is 1. The molecule has 2 heterocycles. The van der Waals surface area contributed by atoms with Crippen LogP contribution < -0.4 is 9.64 Å². The van der Waals surface area contributed by atoms with Crippen LogP contribution >= 0.6 is 11.3 Å². The first kappa shape index (κ1) is 22.7. The van der Waals surface area contributed by atoms with Gasteiger partial charge in [0, 0.05) is 5.56 Å². The topological polar surface area (TPSA) is 79.7 Å². The van der Waals surface area contributed by atoms with Crippen molar-refractivity contribution in [2.24, 2.45) is 0 Å². The molecule has 1 aromatic heterocycles. The monoisotopic (exact) mass is 488 g/mol. The van der Waals surface area contributed by atoms with E-state index in [0.29, 0.717) is 34.1 Å². The minimum absolute atomic E-state index is 0.125. The quantitative estimate of drug-likeness (QED) is 0.219. The first-order chi connectivity index (χ1) is 16.9. The number of rotatable bonds is 5. The molecule has 0 spiro atoms. The zero-order chi connectivity index (χ0) is 24.7. The second-order valence-corrected chi connectivity index (χ2v) is 9.16. The number of fused-ring (bicyclic) bond motifs is 1. The number of halogens is 1. The van der Waals surface area contributed by atoms with Crippen LogP contribution in [0, 0.1) is 12.7 Å². The summed E-state index contributed by atoms with van der Waals surface area (Å²) in [6, 6.07) is 16.9. The molecule has 5 rings (SSSR count). The smallest absolute Gasteiger partial charge is 0.301 e. The number of thiazole rings is 1. The normalized spacial score (nSPS) is 17.3. The van der Waals surface area contributed by atoms with Crippen LogP contribution in [0.1, 0.15) is 29.7 Å². The summed E-state index contributed by atoms with van der Waals surface area (Å²) in [5.41, 5.74) is 2.29. The summed E-state index contributed by atoms with van der Waals surface area (Å²) < 4.78 is 20.5. The summed E-state index contributed by atoms with van der Waals surface area (Å²) in [4.78, 5) is 32.4. The lowest BCUT2D eigenvalue weighted by molar-refractivity contribution is -0.132. The Labute approximate surface area is 204 Å². The van der Waals surface area contributed by atoms with E-state index in [1.54, 1.807) is 30.3 Å². The fourth-order valence-corrected chi connectivity index (χ4v) is 5.27. The summed E-state index contributed by atoms with van der Waals surface area (Å²) in [7, 11) is 0. The van der Waals surface area contributed by atoms with Gasteiger partial charge in [0.15, 0.2) is 5.13 Å². The van der Waals surface area contributed by atoms with Gasteiger partial charge in [0.2, 0.25) is 0 Å². The van der Waals surface area contributed by atoms with Gasteiger partial charge < -0.3 is 9.84 Å². The third-order valence-electron chi connectivity index (χ3n) is 5.79. The van der Waals surface area contributed by atoms with E-state index in [-0.39, 0.29) is 11.3 Å². The minimum atomic E-state index is -1.04. The molecule has 1 saturated heterocycles. The number of amides is 1. The van der Waals surface area contributed by atoms with Gasteiger partial charge in [0.1, 0.15) is 17.3 Å². The molecular formula is C27H21FN2O4S. The second kappa shape index (κ2) is 8.96. The molecule has 0 radical (unpaired) electrons. The molecule has 0 unspecified atom stereocenters. The Bertz CT molecular complexity index is 1490. The van der Waals surface area contributed by atoms with Crippen molar-refractivity contribution in [2.75, 3.05) is 11.5 Å². The van der Waals surface area contributed by atoms with Crippen LogP contribution in [0.3, 0.4) is 0 Å². The largest absolute Gasteiger partial charge is 0.507 e. The van der Waals surface area contributed by atoms with E-state index in [9.17, 15) is 19.1 Å². The van der Waals surface area contributed by atoms with Gasteiger partial charge in [-0.3, -0.25) is 14.5 Å². The average Bonchev–Trinajstić information content (AvgIpc) is 3.37. The number of carbonyl (C=O) groups excluding carboxylic acids is 2. The molecule has 1 amide bonds. The highest BCUT2D eigenvalue weighted by Gasteiger charge is 2.48. The molecule has 0 bridgehead atoms. The van der Waals surface area contributed by atoms with Crippen molar-refractivity contribution in [1.29, 1.82) is 0 Å². The molecule has 35 heavy (non-hydrogen) atoms. The molecule has 0 saturated carbocycles. The molecule has 1 aliphatic heterocycles. The maximum atomic E-state index is 14.2. The van der Waals surface area contributed by atoms with E-state index in [1.807, 2.05) is 32.0 Å². The fourth-order valence-electron chi connectivity index (χ4n) is 4.18. The summed E-state index contributed by atoms with van der Waals surface area (Å²) in [6.07, 6.45) is 0. The first-order valence-corrected chi connectivity index (χ1v) is 11.9. The number of ketones is 1. The van der Waals surface area contributed by atoms with E-state index in [4.69, 9.17) is 4.74 Å². The summed E-state index contributed by atoms with van der Waals surface area (Å²) in [6.45, 7) is 4.30. The number of carbonyl (C=O) groups is 2. The Morgan fingerprint density at radius 1 is 1.11 bits per heavy atom. The van der Waals surface area contributed by atoms with Gasteiger partial charge in [0.05, 0.1) is 28.4 Å². The molecule has 6 nitrogen and oxygen atoms in total. The van der Waals surface area contributed by atoms with Gasteiger partial charge in [-0.15, -0.1) is 0 Å². The van der Waals surface area contributed by atoms with Gasteiger partial charge in [0.25, 0.3) is 5.78 Å². The van der Waals surface area contributed by atoms with Crippen molar-refractivity contribution in [3.8, 4) is 5.75 Å². The Balaban J connectivity index is 1.69. The molecule has 1 aliphatic rings. The molecule has 176 valence electrons. The Hall–Kier alpha value is -4.04. The number of benzene rings is 3. The minimum Gasteiger partial charge on any atom is -0.507 e. The maximum absolute atomic E-state index is 14.2. The van der Waals surface area contributed by atoms with Crippen LogP contribution in [0.4, 0.5) is 9.52 Å². The number of hydrogen-bond acceptors (Lipinski definition) is 6. The lowest BCUT2D eigenvalue weighted by Crippen LogP contribution is -2.29. The van der Waals surface area contributed by atoms with Crippen molar-refractivity contribution in [3.63, 3.8) is 0 Å². The Morgan fingerprint density at radius 2 is 1.89 bits per heavy atom. The number of nitrogens with zero attached hydrogens (tertiary/aromatic N) is 2. The highest BCUT2D eigenvalue weighted by atomic mass is 32.1. The third-order valence-corrected chi connectivity index (χ3v) is 6.80. The van der Waals surface area contributed by atoms with Crippen LogP contribution in [0.5, 0.6) is 5.75 Å². The lowest BCUT2D eigenvalue weighted by atomic mass is 9.95. The van der Waals surface area contributed by atoms with Gasteiger partial charge in [-0.2, -0.15) is 0 Å². The van der Waals surface area contributed by atoms with E-state index >= 15 is 0 Å². The van der Waals surface area contributed by atoms with Gasteiger partial charge in [-0.25, -0.2) is 9.37 Å². The first-order valence-electron chi connectivity index (χ1n) is 11.0. The van der Waals surface area contributed by atoms with Crippen LogP contribution in [-0.2, 0) is 9.59 Å². The predicted molar refractivity (Wildman–Crippen MR) is 133 cm³/mol. The molecule has 1 fully saturated rings. The molecule has 3 aromatic carbocycles. The lowest BCUT2D eigenvalue weighted by Gasteiger charge is -2.23. The standard InChI is InChI=1S/C27H21FN2O4S/c1-3-34-19-10-8-16(9-11-19)24(31)22-23(17-5-4-6-18(28)14-17)30(26(33)25(22)32)27-29-20-12-7-15(2)13-21(20)35-27/h4-14,23,31H,3H2,1-2H3/b24-22+/t23-/m1/s1. The van der Waals surface area contributed by atoms with E-state index in [2.05, 4.69) is 4.98 Å².